The quantitative estimate of drug-likeness (QED) is 0.560. The maximum Gasteiger partial charge on any atom is 0.326 e. The van der Waals surface area contributed by atoms with E-state index < -0.39 is 23.9 Å². The standard InChI is InChI=1S/C10H12N2O5/c13-8(14)4-3-7(10(16)17)12-9(15)6-2-1-5-11-6/h1-2,5,7,11H,3-4H2,(H,12,15)(H,13,14)(H,16,17). The van der Waals surface area contributed by atoms with E-state index in [1.165, 1.54) is 12.3 Å². The number of carboxylic acid groups (broad SMARTS) is 2. The van der Waals surface area contributed by atoms with Crippen molar-refractivity contribution in [3.8, 4) is 0 Å². The zero-order chi connectivity index (χ0) is 12.8. The number of amides is 1. The first-order chi connectivity index (χ1) is 8.00. The van der Waals surface area contributed by atoms with Crippen LogP contribution in [0.4, 0.5) is 0 Å². The van der Waals surface area contributed by atoms with E-state index in [1.807, 2.05) is 0 Å². The van der Waals surface area contributed by atoms with Gasteiger partial charge in [-0.05, 0) is 18.6 Å². The second kappa shape index (κ2) is 5.69. The average molecular weight is 240 g/mol. The summed E-state index contributed by atoms with van der Waals surface area (Å²) in [5, 5.41) is 19.5. The Bertz CT molecular complexity index is 412. The monoisotopic (exact) mass is 240 g/mol. The van der Waals surface area contributed by atoms with Gasteiger partial charge in [-0.3, -0.25) is 9.59 Å². The first-order valence-corrected chi connectivity index (χ1v) is 4.89. The van der Waals surface area contributed by atoms with Crippen LogP contribution in [-0.2, 0) is 9.59 Å². The Hall–Kier alpha value is -2.31. The minimum atomic E-state index is -1.26. The molecule has 0 aromatic carbocycles. The number of nitrogens with one attached hydrogen (secondary N) is 2. The van der Waals surface area contributed by atoms with Crippen molar-refractivity contribution in [2.75, 3.05) is 0 Å². The molecule has 7 heteroatoms. The average Bonchev–Trinajstić information content (AvgIpc) is 2.76. The fourth-order valence-corrected chi connectivity index (χ4v) is 1.23. The lowest BCUT2D eigenvalue weighted by atomic mass is 10.1. The van der Waals surface area contributed by atoms with E-state index in [4.69, 9.17) is 10.2 Å². The van der Waals surface area contributed by atoms with Crippen LogP contribution in [0.5, 0.6) is 0 Å². The molecule has 0 aliphatic carbocycles. The summed E-state index contributed by atoms with van der Waals surface area (Å²) < 4.78 is 0. The number of H-pyrrole nitrogens is 1. The van der Waals surface area contributed by atoms with E-state index in [2.05, 4.69) is 10.3 Å². The SMILES string of the molecule is O=C(O)CCC(NC(=O)c1ccc[nH]1)C(=O)O. The van der Waals surface area contributed by atoms with E-state index in [0.29, 0.717) is 0 Å². The van der Waals surface area contributed by atoms with Crippen LogP contribution in [0.3, 0.4) is 0 Å². The lowest BCUT2D eigenvalue weighted by Crippen LogP contribution is -2.41. The zero-order valence-corrected chi connectivity index (χ0v) is 8.84. The molecular weight excluding hydrogens is 228 g/mol. The van der Waals surface area contributed by atoms with Gasteiger partial charge in [0.05, 0.1) is 0 Å². The van der Waals surface area contributed by atoms with Gasteiger partial charge in [0.15, 0.2) is 0 Å². The van der Waals surface area contributed by atoms with Crippen LogP contribution in [0.2, 0.25) is 0 Å². The number of hydrogen-bond donors (Lipinski definition) is 4. The number of hydrogen-bond acceptors (Lipinski definition) is 3. The van der Waals surface area contributed by atoms with Gasteiger partial charge in [-0.1, -0.05) is 0 Å². The second-order valence-electron chi connectivity index (χ2n) is 3.38. The van der Waals surface area contributed by atoms with Gasteiger partial charge in [-0.15, -0.1) is 0 Å². The van der Waals surface area contributed by atoms with Crippen LogP contribution in [0.25, 0.3) is 0 Å². The van der Waals surface area contributed by atoms with Crippen molar-refractivity contribution in [2.24, 2.45) is 0 Å². The summed E-state index contributed by atoms with van der Waals surface area (Å²) in [6.45, 7) is 0. The third kappa shape index (κ3) is 3.98. The van der Waals surface area contributed by atoms with Crippen molar-refractivity contribution in [2.45, 2.75) is 18.9 Å². The predicted octanol–water partition coefficient (Wildman–Crippen LogP) is 0.0625. The first-order valence-electron chi connectivity index (χ1n) is 4.89. The van der Waals surface area contributed by atoms with E-state index in [1.54, 1.807) is 6.07 Å². The zero-order valence-electron chi connectivity index (χ0n) is 8.84. The molecule has 1 unspecified atom stereocenters. The number of aromatic amines is 1. The van der Waals surface area contributed by atoms with Gasteiger partial charge < -0.3 is 20.5 Å². The number of aliphatic carboxylic acids is 2. The first kappa shape index (κ1) is 12.8. The third-order valence-electron chi connectivity index (χ3n) is 2.09. The smallest absolute Gasteiger partial charge is 0.326 e. The molecule has 1 aromatic rings. The highest BCUT2D eigenvalue weighted by Crippen LogP contribution is 2.01. The van der Waals surface area contributed by atoms with Crippen molar-refractivity contribution in [3.05, 3.63) is 24.0 Å². The van der Waals surface area contributed by atoms with Gasteiger partial charge in [0.1, 0.15) is 11.7 Å². The van der Waals surface area contributed by atoms with Gasteiger partial charge in [-0.2, -0.15) is 0 Å². The molecule has 1 heterocycles. The Kier molecular flexibility index (Phi) is 4.27. The lowest BCUT2D eigenvalue weighted by Gasteiger charge is -2.12. The highest BCUT2D eigenvalue weighted by Gasteiger charge is 2.21. The van der Waals surface area contributed by atoms with Crippen molar-refractivity contribution < 1.29 is 24.6 Å². The number of carbonyl (C=O) groups excluding carboxylic acids is 1. The number of aromatic nitrogens is 1. The van der Waals surface area contributed by atoms with Gasteiger partial charge in [0.2, 0.25) is 0 Å². The predicted molar refractivity (Wildman–Crippen MR) is 56.6 cm³/mol. The van der Waals surface area contributed by atoms with Crippen LogP contribution in [0.1, 0.15) is 23.3 Å². The number of rotatable bonds is 6. The molecular formula is C10H12N2O5. The highest BCUT2D eigenvalue weighted by molar-refractivity contribution is 5.95. The molecule has 17 heavy (non-hydrogen) atoms. The van der Waals surface area contributed by atoms with Crippen LogP contribution in [0.15, 0.2) is 18.3 Å². The molecule has 0 aliphatic heterocycles. The summed E-state index contributed by atoms with van der Waals surface area (Å²) in [7, 11) is 0. The molecule has 0 radical (unpaired) electrons. The fourth-order valence-electron chi connectivity index (χ4n) is 1.23. The molecule has 0 fully saturated rings. The minimum absolute atomic E-state index is 0.156. The van der Waals surface area contributed by atoms with Crippen LogP contribution < -0.4 is 5.32 Å². The number of carbonyl (C=O) groups is 3. The van der Waals surface area contributed by atoms with E-state index in [0.717, 1.165) is 0 Å². The molecule has 4 N–H and O–H groups in total. The van der Waals surface area contributed by atoms with Crippen LogP contribution in [-0.4, -0.2) is 39.1 Å². The van der Waals surface area contributed by atoms with Gasteiger partial charge >= 0.3 is 11.9 Å². The van der Waals surface area contributed by atoms with E-state index >= 15 is 0 Å². The topological polar surface area (TPSA) is 119 Å². The molecule has 1 rings (SSSR count). The third-order valence-corrected chi connectivity index (χ3v) is 2.09. The van der Waals surface area contributed by atoms with Crippen LogP contribution >= 0.6 is 0 Å². The molecule has 1 aromatic heterocycles. The maximum atomic E-state index is 11.5. The van der Waals surface area contributed by atoms with Gasteiger partial charge in [-0.25, -0.2) is 4.79 Å². The number of carboxylic acids is 2. The van der Waals surface area contributed by atoms with Crippen molar-refractivity contribution in [1.29, 1.82) is 0 Å². The molecule has 0 aliphatic rings. The van der Waals surface area contributed by atoms with Gasteiger partial charge in [0.25, 0.3) is 5.91 Å². The molecule has 0 saturated heterocycles. The Balaban J connectivity index is 2.58. The van der Waals surface area contributed by atoms with Crippen molar-refractivity contribution >= 4 is 17.8 Å². The Morgan fingerprint density at radius 2 is 2.06 bits per heavy atom. The molecule has 0 bridgehead atoms. The van der Waals surface area contributed by atoms with Crippen molar-refractivity contribution in [3.63, 3.8) is 0 Å². The fraction of sp³-hybridized carbons (Fsp3) is 0.300. The second-order valence-corrected chi connectivity index (χ2v) is 3.38. The van der Waals surface area contributed by atoms with E-state index in [9.17, 15) is 14.4 Å². The molecule has 92 valence electrons. The molecule has 1 amide bonds. The maximum absolute atomic E-state index is 11.5. The summed E-state index contributed by atoms with van der Waals surface area (Å²) in [4.78, 5) is 35.3. The summed E-state index contributed by atoms with van der Waals surface area (Å²) in [5.74, 6) is -2.94. The summed E-state index contributed by atoms with van der Waals surface area (Å²) in [5.41, 5.74) is 0.228. The largest absolute Gasteiger partial charge is 0.481 e. The Morgan fingerprint density at radius 3 is 2.53 bits per heavy atom. The minimum Gasteiger partial charge on any atom is -0.481 e. The summed E-state index contributed by atoms with van der Waals surface area (Å²) in [6, 6.07) is 1.88. The Labute approximate surface area is 96.5 Å². The molecule has 1 atom stereocenters. The van der Waals surface area contributed by atoms with Gasteiger partial charge in [0, 0.05) is 12.6 Å². The van der Waals surface area contributed by atoms with E-state index in [-0.39, 0.29) is 18.5 Å². The highest BCUT2D eigenvalue weighted by atomic mass is 16.4. The van der Waals surface area contributed by atoms with Crippen LogP contribution in [0, 0.1) is 0 Å². The molecule has 0 spiro atoms. The Morgan fingerprint density at radius 1 is 1.35 bits per heavy atom. The summed E-state index contributed by atoms with van der Waals surface area (Å²) in [6.07, 6.45) is 1.06. The molecule has 7 nitrogen and oxygen atoms in total. The lowest BCUT2D eigenvalue weighted by molar-refractivity contribution is -0.140. The summed E-state index contributed by atoms with van der Waals surface area (Å²) >= 11 is 0. The normalized spacial score (nSPS) is 11.8. The van der Waals surface area contributed by atoms with Crippen molar-refractivity contribution in [1.82, 2.24) is 10.3 Å². The molecule has 0 saturated carbocycles.